The number of ether oxygens (including phenoxy) is 2. The largest absolute Gasteiger partial charge is 0.479 e. The molecule has 0 aliphatic rings. The Kier molecular flexibility index (Phi) is 6.59. The molecule has 0 aliphatic carbocycles. The summed E-state index contributed by atoms with van der Waals surface area (Å²) in [6.07, 6.45) is -1.94. The Morgan fingerprint density at radius 2 is 1.73 bits per heavy atom. The Hall–Kier alpha value is -3.04. The van der Waals surface area contributed by atoms with Crippen LogP contribution in [0.15, 0.2) is 48.5 Å². The molecule has 7 heteroatoms. The van der Waals surface area contributed by atoms with Gasteiger partial charge in [-0.15, -0.1) is 0 Å². The number of rotatable bonds is 6. The van der Waals surface area contributed by atoms with Gasteiger partial charge >= 0.3 is 5.97 Å². The van der Waals surface area contributed by atoms with E-state index in [-0.39, 0.29) is 0 Å². The summed E-state index contributed by atoms with van der Waals surface area (Å²) in [7, 11) is 0. The molecular weight excluding hydrogens is 356 g/mol. The maximum absolute atomic E-state index is 12.1. The van der Waals surface area contributed by atoms with Crippen LogP contribution in [-0.4, -0.2) is 24.1 Å². The minimum atomic E-state index is -1.02. The molecule has 0 heterocycles. The van der Waals surface area contributed by atoms with E-state index in [2.05, 4.69) is 5.32 Å². The number of anilines is 1. The number of hydrogen-bond donors (Lipinski definition) is 1. The van der Waals surface area contributed by atoms with Crippen molar-refractivity contribution in [1.29, 1.82) is 5.26 Å². The summed E-state index contributed by atoms with van der Waals surface area (Å²) in [6, 6.07) is 15.1. The van der Waals surface area contributed by atoms with E-state index in [0.29, 0.717) is 22.0 Å². The van der Waals surface area contributed by atoms with Gasteiger partial charge in [0.25, 0.3) is 5.91 Å². The van der Waals surface area contributed by atoms with E-state index in [1.807, 2.05) is 6.07 Å². The lowest BCUT2D eigenvalue weighted by molar-refractivity contribution is -0.159. The Balaban J connectivity index is 1.89. The third-order valence-electron chi connectivity index (χ3n) is 3.42. The smallest absolute Gasteiger partial charge is 0.347 e. The molecule has 0 saturated carbocycles. The lowest BCUT2D eigenvalue weighted by atomic mass is 10.2. The van der Waals surface area contributed by atoms with Crippen molar-refractivity contribution in [1.82, 2.24) is 0 Å². The van der Waals surface area contributed by atoms with Crippen LogP contribution in [0.5, 0.6) is 5.75 Å². The fourth-order valence-corrected chi connectivity index (χ4v) is 2.16. The van der Waals surface area contributed by atoms with Crippen molar-refractivity contribution in [3.63, 3.8) is 0 Å². The molecule has 2 aromatic rings. The molecule has 0 fully saturated rings. The first-order valence-corrected chi connectivity index (χ1v) is 8.21. The average molecular weight is 373 g/mol. The Morgan fingerprint density at radius 3 is 2.35 bits per heavy atom. The van der Waals surface area contributed by atoms with Crippen molar-refractivity contribution >= 4 is 29.2 Å². The lowest BCUT2D eigenvalue weighted by Crippen LogP contribution is -2.35. The van der Waals surface area contributed by atoms with Crippen LogP contribution >= 0.6 is 11.6 Å². The fourth-order valence-electron chi connectivity index (χ4n) is 1.98. The van der Waals surface area contributed by atoms with Crippen molar-refractivity contribution in [3.05, 3.63) is 59.1 Å². The number of nitriles is 1. The van der Waals surface area contributed by atoms with Crippen LogP contribution in [-0.2, 0) is 14.3 Å². The molecule has 134 valence electrons. The molecular formula is C19H17ClN2O4. The second kappa shape index (κ2) is 8.88. The van der Waals surface area contributed by atoms with Gasteiger partial charge in [0.2, 0.25) is 0 Å². The summed E-state index contributed by atoms with van der Waals surface area (Å²) in [6.45, 7) is 2.97. The van der Waals surface area contributed by atoms with E-state index in [4.69, 9.17) is 26.3 Å². The standard InChI is InChI=1S/C19H17ClN2O4/c1-12(18(23)22-17-6-4-3-5-16(17)20)26-19(24)13(2)25-15-9-7-14(11-21)8-10-15/h3-10,12-13H,1-2H3,(H,22,23)/t12-,13-/m0/s1. The van der Waals surface area contributed by atoms with Crippen LogP contribution in [0.25, 0.3) is 0 Å². The van der Waals surface area contributed by atoms with Crippen LogP contribution in [0.1, 0.15) is 19.4 Å². The summed E-state index contributed by atoms with van der Waals surface area (Å²) in [5, 5.41) is 11.7. The third-order valence-corrected chi connectivity index (χ3v) is 3.75. The van der Waals surface area contributed by atoms with Gasteiger partial charge in [-0.2, -0.15) is 5.26 Å². The zero-order chi connectivity index (χ0) is 19.1. The molecule has 26 heavy (non-hydrogen) atoms. The quantitative estimate of drug-likeness (QED) is 0.783. The lowest BCUT2D eigenvalue weighted by Gasteiger charge is -2.18. The third kappa shape index (κ3) is 5.23. The molecule has 1 amide bonds. The number of amides is 1. The van der Waals surface area contributed by atoms with Gasteiger partial charge in [-0.3, -0.25) is 4.79 Å². The van der Waals surface area contributed by atoms with Gasteiger partial charge in [0, 0.05) is 0 Å². The Labute approximate surface area is 156 Å². The second-order valence-corrected chi connectivity index (χ2v) is 5.85. The van der Waals surface area contributed by atoms with Crippen LogP contribution < -0.4 is 10.1 Å². The molecule has 0 unspecified atom stereocenters. The molecule has 0 radical (unpaired) electrons. The van der Waals surface area contributed by atoms with Gasteiger partial charge in [0.15, 0.2) is 12.2 Å². The number of esters is 1. The van der Waals surface area contributed by atoms with Crippen molar-refractivity contribution in [3.8, 4) is 11.8 Å². The van der Waals surface area contributed by atoms with E-state index in [9.17, 15) is 9.59 Å². The van der Waals surface area contributed by atoms with Crippen LogP contribution in [0.2, 0.25) is 5.02 Å². The minimum Gasteiger partial charge on any atom is -0.479 e. The first-order valence-electron chi connectivity index (χ1n) is 7.83. The number of nitrogens with zero attached hydrogens (tertiary/aromatic N) is 1. The first-order chi connectivity index (χ1) is 12.4. The highest BCUT2D eigenvalue weighted by atomic mass is 35.5. The molecule has 0 saturated heterocycles. The normalized spacial score (nSPS) is 12.4. The zero-order valence-electron chi connectivity index (χ0n) is 14.2. The van der Waals surface area contributed by atoms with E-state index in [1.165, 1.54) is 13.8 Å². The molecule has 1 N–H and O–H groups in total. The van der Waals surface area contributed by atoms with Crippen LogP contribution in [0.3, 0.4) is 0 Å². The number of benzene rings is 2. The minimum absolute atomic E-state index is 0.386. The molecule has 2 rings (SSSR count). The molecule has 2 atom stereocenters. The number of halogens is 1. The molecule has 0 bridgehead atoms. The maximum atomic E-state index is 12.1. The van der Waals surface area contributed by atoms with Gasteiger partial charge in [0.05, 0.1) is 22.3 Å². The molecule has 0 aromatic heterocycles. The number of carbonyl (C=O) groups is 2. The highest BCUT2D eigenvalue weighted by Crippen LogP contribution is 2.21. The highest BCUT2D eigenvalue weighted by molar-refractivity contribution is 6.33. The Bertz CT molecular complexity index is 830. The van der Waals surface area contributed by atoms with Gasteiger partial charge in [-0.25, -0.2) is 4.79 Å². The van der Waals surface area contributed by atoms with E-state index >= 15 is 0 Å². The predicted molar refractivity (Wildman–Crippen MR) is 96.9 cm³/mol. The average Bonchev–Trinajstić information content (AvgIpc) is 2.64. The Morgan fingerprint density at radius 1 is 1.08 bits per heavy atom. The molecule has 6 nitrogen and oxygen atoms in total. The number of hydrogen-bond acceptors (Lipinski definition) is 5. The van der Waals surface area contributed by atoms with E-state index in [0.717, 1.165) is 0 Å². The van der Waals surface area contributed by atoms with Crippen molar-refractivity contribution in [2.24, 2.45) is 0 Å². The van der Waals surface area contributed by atoms with Gasteiger partial charge < -0.3 is 14.8 Å². The monoisotopic (exact) mass is 372 g/mol. The number of nitrogens with one attached hydrogen (secondary N) is 1. The second-order valence-electron chi connectivity index (χ2n) is 5.44. The van der Waals surface area contributed by atoms with Crippen LogP contribution in [0.4, 0.5) is 5.69 Å². The number of carbonyl (C=O) groups excluding carboxylic acids is 2. The highest BCUT2D eigenvalue weighted by Gasteiger charge is 2.23. The maximum Gasteiger partial charge on any atom is 0.347 e. The predicted octanol–water partition coefficient (Wildman–Crippen LogP) is 3.55. The topological polar surface area (TPSA) is 88.4 Å². The van der Waals surface area contributed by atoms with Crippen molar-refractivity contribution in [2.45, 2.75) is 26.1 Å². The van der Waals surface area contributed by atoms with Gasteiger partial charge in [-0.1, -0.05) is 23.7 Å². The summed E-state index contributed by atoms with van der Waals surface area (Å²) in [5.41, 5.74) is 0.918. The summed E-state index contributed by atoms with van der Waals surface area (Å²) in [4.78, 5) is 24.2. The zero-order valence-corrected chi connectivity index (χ0v) is 15.0. The first kappa shape index (κ1) is 19.3. The number of para-hydroxylation sites is 1. The van der Waals surface area contributed by atoms with Gasteiger partial charge in [0.1, 0.15) is 5.75 Å². The molecule has 0 spiro atoms. The fraction of sp³-hybridized carbons (Fsp3) is 0.211. The van der Waals surface area contributed by atoms with Crippen LogP contribution in [0, 0.1) is 11.3 Å². The van der Waals surface area contributed by atoms with E-state index < -0.39 is 24.1 Å². The van der Waals surface area contributed by atoms with Gasteiger partial charge in [-0.05, 0) is 50.2 Å². The summed E-state index contributed by atoms with van der Waals surface area (Å²) in [5.74, 6) is -0.769. The molecule has 2 aromatic carbocycles. The SMILES string of the molecule is C[C@H](OC(=O)[C@H](C)Oc1ccc(C#N)cc1)C(=O)Nc1ccccc1Cl. The van der Waals surface area contributed by atoms with E-state index in [1.54, 1.807) is 48.5 Å². The summed E-state index contributed by atoms with van der Waals surface area (Å²) >= 11 is 5.98. The molecule has 0 aliphatic heterocycles. The van der Waals surface area contributed by atoms with Crippen molar-refractivity contribution < 1.29 is 19.1 Å². The summed E-state index contributed by atoms with van der Waals surface area (Å²) < 4.78 is 10.6. The van der Waals surface area contributed by atoms with Crippen molar-refractivity contribution in [2.75, 3.05) is 5.32 Å².